The molecule has 0 heterocycles. The first-order valence-corrected chi connectivity index (χ1v) is 7.63. The Hall–Kier alpha value is -0.240. The van der Waals surface area contributed by atoms with Crippen molar-refractivity contribution in [1.29, 1.82) is 0 Å². The average Bonchev–Trinajstić information content (AvgIpc) is 2.42. The van der Waals surface area contributed by atoms with Gasteiger partial charge in [-0.1, -0.05) is 12.8 Å². The van der Waals surface area contributed by atoms with Gasteiger partial charge in [-0.15, -0.1) is 0 Å². The maximum absolute atomic E-state index is 9.42. The van der Waals surface area contributed by atoms with E-state index in [2.05, 4.69) is 9.80 Å². The molecule has 6 nitrogen and oxygen atoms in total. The van der Waals surface area contributed by atoms with E-state index in [1.807, 2.05) is 14.1 Å². The van der Waals surface area contributed by atoms with Crippen molar-refractivity contribution < 1.29 is 10.2 Å². The monoisotopic (exact) mass is 290 g/mol. The molecule has 0 radical (unpaired) electrons. The normalized spacial score (nSPS) is 15.0. The largest absolute Gasteiger partial charge is 0.390 e. The summed E-state index contributed by atoms with van der Waals surface area (Å²) in [4.78, 5) is 4.25. The maximum Gasteiger partial charge on any atom is 0.0788 e. The second kappa shape index (κ2) is 12.5. The third-order valence-corrected chi connectivity index (χ3v) is 3.42. The van der Waals surface area contributed by atoms with Crippen molar-refractivity contribution in [3.05, 3.63) is 0 Å². The van der Waals surface area contributed by atoms with Gasteiger partial charge in [0.25, 0.3) is 0 Å². The zero-order valence-electron chi connectivity index (χ0n) is 13.2. The molecule has 2 unspecified atom stereocenters. The Kier molecular flexibility index (Phi) is 12.3. The maximum atomic E-state index is 9.42. The number of aliphatic hydroxyl groups excluding tert-OH is 2. The molecule has 0 aliphatic carbocycles. The molecular formula is C14H34N4O2. The summed E-state index contributed by atoms with van der Waals surface area (Å²) in [5.41, 5.74) is 10.8. The van der Waals surface area contributed by atoms with Crippen LogP contribution < -0.4 is 11.5 Å². The van der Waals surface area contributed by atoms with Crippen LogP contribution in [0.25, 0.3) is 0 Å². The third-order valence-electron chi connectivity index (χ3n) is 3.42. The van der Waals surface area contributed by atoms with Crippen LogP contribution in [0.5, 0.6) is 0 Å². The first-order chi connectivity index (χ1) is 9.49. The SMILES string of the molecule is CN(CCCCCCN(C)CC(O)CN)CC(O)CN. The second-order valence-corrected chi connectivity index (χ2v) is 5.72. The topological polar surface area (TPSA) is 99.0 Å². The number of aliphatic hydroxyl groups is 2. The average molecular weight is 290 g/mol. The molecule has 122 valence electrons. The van der Waals surface area contributed by atoms with Crippen molar-refractivity contribution in [2.45, 2.75) is 37.9 Å². The van der Waals surface area contributed by atoms with E-state index in [4.69, 9.17) is 11.5 Å². The molecule has 0 amide bonds. The minimum atomic E-state index is -0.414. The Morgan fingerprint density at radius 1 is 0.750 bits per heavy atom. The Balaban J connectivity index is 3.40. The van der Waals surface area contributed by atoms with Crippen LogP contribution in [0.3, 0.4) is 0 Å². The van der Waals surface area contributed by atoms with E-state index in [1.165, 1.54) is 12.8 Å². The van der Waals surface area contributed by atoms with Gasteiger partial charge in [-0.3, -0.25) is 0 Å². The Bertz CT molecular complexity index is 197. The number of nitrogens with zero attached hydrogens (tertiary/aromatic N) is 2. The minimum Gasteiger partial charge on any atom is -0.390 e. The highest BCUT2D eigenvalue weighted by atomic mass is 16.3. The molecule has 2 atom stereocenters. The molecule has 0 saturated carbocycles. The molecule has 20 heavy (non-hydrogen) atoms. The van der Waals surface area contributed by atoms with Crippen LogP contribution >= 0.6 is 0 Å². The van der Waals surface area contributed by atoms with Crippen molar-refractivity contribution in [2.75, 3.05) is 53.4 Å². The predicted molar refractivity (Wildman–Crippen MR) is 83.6 cm³/mol. The number of unbranched alkanes of at least 4 members (excludes halogenated alkanes) is 3. The van der Waals surface area contributed by atoms with Crippen LogP contribution in [0.1, 0.15) is 25.7 Å². The van der Waals surface area contributed by atoms with Gasteiger partial charge in [0.2, 0.25) is 0 Å². The Labute approximate surface area is 123 Å². The van der Waals surface area contributed by atoms with Gasteiger partial charge in [0.05, 0.1) is 12.2 Å². The van der Waals surface area contributed by atoms with Crippen LogP contribution in [-0.2, 0) is 0 Å². The van der Waals surface area contributed by atoms with Crippen molar-refractivity contribution in [3.63, 3.8) is 0 Å². The van der Waals surface area contributed by atoms with Gasteiger partial charge in [-0.25, -0.2) is 0 Å². The summed E-state index contributed by atoms with van der Waals surface area (Å²) < 4.78 is 0. The van der Waals surface area contributed by atoms with E-state index in [-0.39, 0.29) is 0 Å². The van der Waals surface area contributed by atoms with E-state index >= 15 is 0 Å². The van der Waals surface area contributed by atoms with Crippen LogP contribution in [-0.4, -0.2) is 85.6 Å². The molecule has 0 aliphatic rings. The van der Waals surface area contributed by atoms with Crippen molar-refractivity contribution >= 4 is 0 Å². The number of nitrogens with two attached hydrogens (primary N) is 2. The lowest BCUT2D eigenvalue weighted by Gasteiger charge is -2.20. The number of hydrogen-bond donors (Lipinski definition) is 4. The zero-order chi connectivity index (χ0) is 15.4. The van der Waals surface area contributed by atoms with Gasteiger partial charge in [0.1, 0.15) is 0 Å². The van der Waals surface area contributed by atoms with E-state index in [1.54, 1.807) is 0 Å². The molecule has 6 N–H and O–H groups in total. The molecule has 6 heteroatoms. The molecule has 0 rings (SSSR count). The smallest absolute Gasteiger partial charge is 0.0788 e. The second-order valence-electron chi connectivity index (χ2n) is 5.72. The summed E-state index contributed by atoms with van der Waals surface area (Å²) in [6.07, 6.45) is 3.84. The third kappa shape index (κ3) is 11.6. The lowest BCUT2D eigenvalue weighted by molar-refractivity contribution is 0.129. The molecule has 0 aromatic rings. The Morgan fingerprint density at radius 3 is 1.40 bits per heavy atom. The van der Waals surface area contributed by atoms with E-state index in [0.717, 1.165) is 25.9 Å². The van der Waals surface area contributed by atoms with E-state index in [0.29, 0.717) is 26.2 Å². The molecule has 0 saturated heterocycles. The van der Waals surface area contributed by atoms with Crippen molar-refractivity contribution in [3.8, 4) is 0 Å². The first-order valence-electron chi connectivity index (χ1n) is 7.63. The first kappa shape index (κ1) is 19.8. The highest BCUT2D eigenvalue weighted by Gasteiger charge is 2.06. The van der Waals surface area contributed by atoms with Gasteiger partial charge in [0, 0.05) is 26.2 Å². The molecule has 0 fully saturated rings. The fourth-order valence-electron chi connectivity index (χ4n) is 2.17. The molecule has 0 aliphatic heterocycles. The minimum absolute atomic E-state index is 0.325. The number of likely N-dealkylation sites (N-methyl/N-ethyl adjacent to an activating group) is 2. The molecule has 0 spiro atoms. The Morgan fingerprint density at radius 2 is 1.10 bits per heavy atom. The highest BCUT2D eigenvalue weighted by Crippen LogP contribution is 2.03. The number of rotatable bonds is 13. The van der Waals surface area contributed by atoms with Crippen LogP contribution in [0.2, 0.25) is 0 Å². The van der Waals surface area contributed by atoms with Gasteiger partial charge >= 0.3 is 0 Å². The fourth-order valence-corrected chi connectivity index (χ4v) is 2.17. The van der Waals surface area contributed by atoms with Gasteiger partial charge in [-0.2, -0.15) is 0 Å². The molecular weight excluding hydrogens is 256 g/mol. The highest BCUT2D eigenvalue weighted by molar-refractivity contribution is 4.63. The van der Waals surface area contributed by atoms with E-state index < -0.39 is 12.2 Å². The quantitative estimate of drug-likeness (QED) is 0.326. The van der Waals surface area contributed by atoms with Crippen LogP contribution in [0.4, 0.5) is 0 Å². The lowest BCUT2D eigenvalue weighted by atomic mass is 10.1. The van der Waals surface area contributed by atoms with Crippen LogP contribution in [0.15, 0.2) is 0 Å². The standard InChI is InChI=1S/C14H34N4O2/c1-17(11-13(19)9-15)7-5-3-4-6-8-18(2)12-14(20)10-16/h13-14,19-20H,3-12,15-16H2,1-2H3. The predicted octanol–water partition coefficient (Wildman–Crippen LogP) is -0.950. The van der Waals surface area contributed by atoms with Gasteiger partial charge in [-0.05, 0) is 40.0 Å². The molecule has 0 aromatic carbocycles. The fraction of sp³-hybridized carbons (Fsp3) is 1.00. The summed E-state index contributed by atoms with van der Waals surface area (Å²) in [5.74, 6) is 0. The number of hydrogen-bond acceptors (Lipinski definition) is 6. The summed E-state index contributed by atoms with van der Waals surface area (Å²) >= 11 is 0. The van der Waals surface area contributed by atoms with Gasteiger partial charge in [0.15, 0.2) is 0 Å². The summed E-state index contributed by atoms with van der Waals surface area (Å²) in [6.45, 7) is 3.95. The summed E-state index contributed by atoms with van der Waals surface area (Å²) in [5, 5.41) is 18.8. The zero-order valence-corrected chi connectivity index (χ0v) is 13.2. The summed E-state index contributed by atoms with van der Waals surface area (Å²) in [7, 11) is 4.03. The van der Waals surface area contributed by atoms with Gasteiger partial charge < -0.3 is 31.5 Å². The van der Waals surface area contributed by atoms with Crippen LogP contribution in [0, 0.1) is 0 Å². The molecule has 0 bridgehead atoms. The van der Waals surface area contributed by atoms with E-state index in [9.17, 15) is 10.2 Å². The van der Waals surface area contributed by atoms with Crippen molar-refractivity contribution in [1.82, 2.24) is 9.80 Å². The molecule has 0 aromatic heterocycles. The lowest BCUT2D eigenvalue weighted by Crippen LogP contribution is -2.34. The summed E-state index contributed by atoms with van der Waals surface area (Å²) in [6, 6.07) is 0. The van der Waals surface area contributed by atoms with Crippen molar-refractivity contribution in [2.24, 2.45) is 11.5 Å².